The zero-order valence-corrected chi connectivity index (χ0v) is 8.93. The highest BCUT2D eigenvalue weighted by molar-refractivity contribution is 6.42. The summed E-state index contributed by atoms with van der Waals surface area (Å²) in [6.07, 6.45) is 1.71. The van der Waals surface area contributed by atoms with Gasteiger partial charge in [0.05, 0.1) is 15.6 Å². The van der Waals surface area contributed by atoms with Gasteiger partial charge in [-0.25, -0.2) is 0 Å². The molecule has 0 spiro atoms. The van der Waals surface area contributed by atoms with Gasteiger partial charge in [0.2, 0.25) is 5.91 Å². The van der Waals surface area contributed by atoms with E-state index in [-0.39, 0.29) is 5.91 Å². The fraction of sp³-hybridized carbons (Fsp3) is 0.100. The van der Waals surface area contributed by atoms with E-state index in [1.165, 1.54) is 11.5 Å². The van der Waals surface area contributed by atoms with Crippen molar-refractivity contribution in [2.45, 2.75) is 6.92 Å². The molecule has 0 aliphatic rings. The number of halogens is 2. The molecule has 0 bridgehead atoms. The molecule has 0 fully saturated rings. The Balaban J connectivity index is 2.80. The quantitative estimate of drug-likeness (QED) is 0.675. The van der Waals surface area contributed by atoms with Crippen LogP contribution < -0.4 is 0 Å². The minimum Gasteiger partial charge on any atom is -0.287 e. The highest BCUT2D eigenvalue weighted by Crippen LogP contribution is 2.28. The zero-order chi connectivity index (χ0) is 10.3. The van der Waals surface area contributed by atoms with Gasteiger partial charge in [-0.2, -0.15) is 0 Å². The first-order chi connectivity index (χ1) is 6.59. The minimum atomic E-state index is -0.0432. The summed E-state index contributed by atoms with van der Waals surface area (Å²) >= 11 is 11.7. The normalized spacial score (nSPS) is 10.8. The largest absolute Gasteiger partial charge is 0.287 e. The van der Waals surface area contributed by atoms with Gasteiger partial charge in [-0.15, -0.1) is 0 Å². The SMILES string of the molecule is CC(=O)n1ccc2cc(Cl)c(Cl)cc21. The second-order valence-electron chi connectivity index (χ2n) is 3.03. The summed E-state index contributed by atoms with van der Waals surface area (Å²) in [4.78, 5) is 11.2. The lowest BCUT2D eigenvalue weighted by Crippen LogP contribution is -2.02. The number of benzene rings is 1. The van der Waals surface area contributed by atoms with E-state index in [4.69, 9.17) is 23.2 Å². The molecule has 0 N–H and O–H groups in total. The van der Waals surface area contributed by atoms with Gasteiger partial charge < -0.3 is 0 Å². The maximum Gasteiger partial charge on any atom is 0.227 e. The first kappa shape index (κ1) is 9.56. The summed E-state index contributed by atoms with van der Waals surface area (Å²) in [6, 6.07) is 5.28. The standard InChI is InChI=1S/C10H7Cl2NO/c1-6(14)13-3-2-7-4-8(11)9(12)5-10(7)13/h2-5H,1H3. The second kappa shape index (κ2) is 3.30. The third kappa shape index (κ3) is 1.41. The maximum atomic E-state index is 11.2. The lowest BCUT2D eigenvalue weighted by Gasteiger charge is -2.00. The summed E-state index contributed by atoms with van der Waals surface area (Å²) in [7, 11) is 0. The van der Waals surface area contributed by atoms with Crippen LogP contribution in [-0.2, 0) is 0 Å². The van der Waals surface area contributed by atoms with Crippen molar-refractivity contribution >= 4 is 40.0 Å². The van der Waals surface area contributed by atoms with Crippen molar-refractivity contribution in [2.24, 2.45) is 0 Å². The van der Waals surface area contributed by atoms with Crippen LogP contribution in [0.4, 0.5) is 0 Å². The first-order valence-electron chi connectivity index (χ1n) is 4.06. The summed E-state index contributed by atoms with van der Waals surface area (Å²) in [5, 5.41) is 1.87. The van der Waals surface area contributed by atoms with Crippen molar-refractivity contribution in [1.29, 1.82) is 0 Å². The Kier molecular flexibility index (Phi) is 2.25. The van der Waals surface area contributed by atoms with Gasteiger partial charge in [-0.3, -0.25) is 9.36 Å². The average Bonchev–Trinajstić information content (AvgIpc) is 2.48. The smallest absolute Gasteiger partial charge is 0.227 e. The fourth-order valence-electron chi connectivity index (χ4n) is 1.40. The van der Waals surface area contributed by atoms with Crippen molar-refractivity contribution in [3.63, 3.8) is 0 Å². The van der Waals surface area contributed by atoms with Gasteiger partial charge in [0, 0.05) is 18.5 Å². The molecular weight excluding hydrogens is 221 g/mol. The van der Waals surface area contributed by atoms with Crippen LogP contribution in [0.2, 0.25) is 10.0 Å². The molecule has 2 aromatic rings. The van der Waals surface area contributed by atoms with E-state index in [0.717, 1.165) is 10.9 Å². The number of nitrogens with zero attached hydrogens (tertiary/aromatic N) is 1. The molecule has 2 rings (SSSR count). The first-order valence-corrected chi connectivity index (χ1v) is 4.82. The molecule has 72 valence electrons. The molecule has 0 saturated carbocycles. The minimum absolute atomic E-state index is 0.0432. The number of carbonyl (C=O) groups is 1. The summed E-state index contributed by atoms with van der Waals surface area (Å²) in [5.41, 5.74) is 0.784. The Hall–Kier alpha value is -0.990. The van der Waals surface area contributed by atoms with Crippen molar-refractivity contribution in [3.05, 3.63) is 34.4 Å². The predicted octanol–water partition coefficient (Wildman–Crippen LogP) is 3.61. The highest BCUT2D eigenvalue weighted by atomic mass is 35.5. The van der Waals surface area contributed by atoms with Crippen LogP contribution in [0, 0.1) is 0 Å². The van der Waals surface area contributed by atoms with Crippen LogP contribution in [0.15, 0.2) is 24.4 Å². The molecule has 0 aliphatic carbocycles. The Labute approximate surface area is 91.0 Å². The number of aromatic nitrogens is 1. The molecule has 14 heavy (non-hydrogen) atoms. The molecule has 0 saturated heterocycles. The molecule has 1 aromatic heterocycles. The lowest BCUT2D eigenvalue weighted by molar-refractivity contribution is 0.0941. The Morgan fingerprint density at radius 3 is 2.57 bits per heavy atom. The predicted molar refractivity (Wildman–Crippen MR) is 58.3 cm³/mol. The molecule has 0 aliphatic heterocycles. The van der Waals surface area contributed by atoms with Crippen molar-refractivity contribution < 1.29 is 4.79 Å². The molecule has 0 amide bonds. The van der Waals surface area contributed by atoms with Crippen LogP contribution in [0.3, 0.4) is 0 Å². The molecular formula is C10H7Cl2NO. The van der Waals surface area contributed by atoms with Gasteiger partial charge >= 0.3 is 0 Å². The Morgan fingerprint density at radius 1 is 1.29 bits per heavy atom. The monoisotopic (exact) mass is 227 g/mol. The molecule has 1 aromatic carbocycles. The third-order valence-corrected chi connectivity index (χ3v) is 2.79. The van der Waals surface area contributed by atoms with Crippen LogP contribution in [-0.4, -0.2) is 10.5 Å². The average molecular weight is 228 g/mol. The van der Waals surface area contributed by atoms with E-state index < -0.39 is 0 Å². The Bertz CT molecular complexity index is 516. The van der Waals surface area contributed by atoms with E-state index >= 15 is 0 Å². The topological polar surface area (TPSA) is 22.0 Å². The van der Waals surface area contributed by atoms with Crippen LogP contribution >= 0.6 is 23.2 Å². The molecule has 0 radical (unpaired) electrons. The zero-order valence-electron chi connectivity index (χ0n) is 7.42. The number of hydrogen-bond donors (Lipinski definition) is 0. The molecule has 0 atom stereocenters. The van der Waals surface area contributed by atoms with Gasteiger partial charge in [0.15, 0.2) is 0 Å². The lowest BCUT2D eigenvalue weighted by atomic mass is 10.2. The number of hydrogen-bond acceptors (Lipinski definition) is 1. The number of fused-ring (bicyclic) bond motifs is 1. The van der Waals surface area contributed by atoms with Gasteiger partial charge in [-0.05, 0) is 18.2 Å². The fourth-order valence-corrected chi connectivity index (χ4v) is 1.73. The molecule has 4 heteroatoms. The summed E-state index contributed by atoms with van der Waals surface area (Å²) in [6.45, 7) is 1.50. The van der Waals surface area contributed by atoms with Gasteiger partial charge in [0.1, 0.15) is 0 Å². The maximum absolute atomic E-state index is 11.2. The molecule has 2 nitrogen and oxygen atoms in total. The van der Waals surface area contributed by atoms with Crippen molar-refractivity contribution in [2.75, 3.05) is 0 Å². The number of rotatable bonds is 0. The van der Waals surface area contributed by atoms with Gasteiger partial charge in [0.25, 0.3) is 0 Å². The van der Waals surface area contributed by atoms with Crippen LogP contribution in [0.1, 0.15) is 11.7 Å². The van der Waals surface area contributed by atoms with E-state index in [2.05, 4.69) is 0 Å². The number of carbonyl (C=O) groups excluding carboxylic acids is 1. The van der Waals surface area contributed by atoms with Crippen LogP contribution in [0.25, 0.3) is 10.9 Å². The summed E-state index contributed by atoms with van der Waals surface area (Å²) < 4.78 is 1.54. The van der Waals surface area contributed by atoms with Crippen molar-refractivity contribution in [3.8, 4) is 0 Å². The summed E-state index contributed by atoms with van der Waals surface area (Å²) in [5.74, 6) is -0.0432. The van der Waals surface area contributed by atoms with Gasteiger partial charge in [-0.1, -0.05) is 23.2 Å². The molecule has 1 heterocycles. The van der Waals surface area contributed by atoms with Crippen LogP contribution in [0.5, 0.6) is 0 Å². The highest BCUT2D eigenvalue weighted by Gasteiger charge is 2.07. The van der Waals surface area contributed by atoms with E-state index in [9.17, 15) is 4.79 Å². The van der Waals surface area contributed by atoms with Crippen molar-refractivity contribution in [1.82, 2.24) is 4.57 Å². The van der Waals surface area contributed by atoms with E-state index in [0.29, 0.717) is 10.0 Å². The molecule has 0 unspecified atom stereocenters. The second-order valence-corrected chi connectivity index (χ2v) is 3.84. The Morgan fingerprint density at radius 2 is 1.93 bits per heavy atom. The third-order valence-electron chi connectivity index (χ3n) is 2.07. The van der Waals surface area contributed by atoms with E-state index in [1.807, 2.05) is 6.07 Å². The van der Waals surface area contributed by atoms with E-state index in [1.54, 1.807) is 18.3 Å².